The van der Waals surface area contributed by atoms with Crippen LogP contribution in [0.25, 0.3) is 0 Å². The van der Waals surface area contributed by atoms with E-state index in [4.69, 9.17) is 4.99 Å². The van der Waals surface area contributed by atoms with E-state index in [-0.39, 0.29) is 5.91 Å². The van der Waals surface area contributed by atoms with Crippen molar-refractivity contribution < 1.29 is 4.79 Å². The second-order valence-electron chi connectivity index (χ2n) is 7.77. The number of amides is 1. The zero-order valence-electron chi connectivity index (χ0n) is 16.8. The minimum absolute atomic E-state index is 0.135. The van der Waals surface area contributed by atoms with Crippen LogP contribution in [0.2, 0.25) is 0 Å². The summed E-state index contributed by atoms with van der Waals surface area (Å²) < 4.78 is 1.86. The highest BCUT2D eigenvalue weighted by Gasteiger charge is 2.27. The standard InChI is InChI=1S/C20H34N6O/c1-3-21-20(22-11-9-19(27)24-18-7-5-4-6-8-18)26-12-10-16(15-26)17-13-23-25(2)14-17/h13-14,16,18H,3-12,15H2,1-2H3,(H,21,22)(H,24,27). The molecular weight excluding hydrogens is 340 g/mol. The molecular formula is C20H34N6O. The van der Waals surface area contributed by atoms with Crippen molar-refractivity contribution in [2.45, 2.75) is 63.8 Å². The average Bonchev–Trinajstić information content (AvgIpc) is 3.31. The van der Waals surface area contributed by atoms with Gasteiger partial charge >= 0.3 is 0 Å². The first-order valence-electron chi connectivity index (χ1n) is 10.5. The van der Waals surface area contributed by atoms with E-state index < -0.39 is 0 Å². The normalized spacial score (nSPS) is 21.5. The maximum Gasteiger partial charge on any atom is 0.222 e. The van der Waals surface area contributed by atoms with Crippen molar-refractivity contribution in [2.75, 3.05) is 26.2 Å². The van der Waals surface area contributed by atoms with Gasteiger partial charge in [0.05, 0.1) is 12.7 Å². The molecule has 1 saturated carbocycles. The Hall–Kier alpha value is -2.05. The van der Waals surface area contributed by atoms with Crippen LogP contribution in [0.1, 0.15) is 63.4 Å². The average molecular weight is 375 g/mol. The Labute approximate surface area is 162 Å². The van der Waals surface area contributed by atoms with Gasteiger partial charge < -0.3 is 15.5 Å². The number of rotatable bonds is 6. The Morgan fingerprint density at radius 2 is 2.11 bits per heavy atom. The van der Waals surface area contributed by atoms with Crippen molar-refractivity contribution in [3.63, 3.8) is 0 Å². The summed E-state index contributed by atoms with van der Waals surface area (Å²) >= 11 is 0. The first kappa shape index (κ1) is 19.7. The molecule has 1 atom stereocenters. The summed E-state index contributed by atoms with van der Waals surface area (Å²) in [5.41, 5.74) is 1.29. The van der Waals surface area contributed by atoms with Gasteiger partial charge in [0, 0.05) is 51.3 Å². The monoisotopic (exact) mass is 374 g/mol. The fraction of sp³-hybridized carbons (Fsp3) is 0.750. The van der Waals surface area contributed by atoms with Crippen LogP contribution in [0, 0.1) is 0 Å². The van der Waals surface area contributed by atoms with Crippen LogP contribution in [-0.4, -0.2) is 58.8 Å². The molecule has 2 heterocycles. The van der Waals surface area contributed by atoms with E-state index in [9.17, 15) is 4.79 Å². The van der Waals surface area contributed by atoms with Gasteiger partial charge in [-0.15, -0.1) is 0 Å². The first-order valence-corrected chi connectivity index (χ1v) is 10.5. The van der Waals surface area contributed by atoms with Crippen molar-refractivity contribution in [1.82, 2.24) is 25.3 Å². The molecule has 1 saturated heterocycles. The maximum absolute atomic E-state index is 12.2. The Balaban J connectivity index is 1.48. The molecule has 1 unspecified atom stereocenters. The number of aliphatic imine (C=N–C) groups is 1. The molecule has 1 amide bonds. The fourth-order valence-electron chi connectivity index (χ4n) is 4.11. The number of carbonyl (C=O) groups is 1. The number of likely N-dealkylation sites (tertiary alicyclic amines) is 1. The van der Waals surface area contributed by atoms with Crippen LogP contribution in [0.5, 0.6) is 0 Å². The van der Waals surface area contributed by atoms with Crippen molar-refractivity contribution in [3.8, 4) is 0 Å². The third kappa shape index (κ3) is 5.71. The number of aryl methyl sites for hydroxylation is 1. The third-order valence-corrected chi connectivity index (χ3v) is 5.59. The highest BCUT2D eigenvalue weighted by molar-refractivity contribution is 5.81. The molecule has 0 radical (unpaired) electrons. The number of carbonyl (C=O) groups excluding carboxylic acids is 1. The van der Waals surface area contributed by atoms with Crippen LogP contribution < -0.4 is 10.6 Å². The topological polar surface area (TPSA) is 74.6 Å². The van der Waals surface area contributed by atoms with Crippen LogP contribution >= 0.6 is 0 Å². The van der Waals surface area contributed by atoms with E-state index in [1.807, 2.05) is 17.9 Å². The number of guanidine groups is 1. The third-order valence-electron chi connectivity index (χ3n) is 5.59. The first-order chi connectivity index (χ1) is 13.2. The second kappa shape index (κ2) is 9.76. The predicted octanol–water partition coefficient (Wildman–Crippen LogP) is 2.01. The molecule has 2 N–H and O–H groups in total. The summed E-state index contributed by atoms with van der Waals surface area (Å²) in [6, 6.07) is 0.377. The predicted molar refractivity (Wildman–Crippen MR) is 108 cm³/mol. The quantitative estimate of drug-likeness (QED) is 0.590. The molecule has 2 fully saturated rings. The van der Waals surface area contributed by atoms with Gasteiger partial charge in [-0.25, -0.2) is 0 Å². The maximum atomic E-state index is 12.2. The molecule has 0 aromatic carbocycles. The SMILES string of the molecule is CCNC(=NCCC(=O)NC1CCCCC1)N1CCC(c2cnn(C)c2)C1. The highest BCUT2D eigenvalue weighted by atomic mass is 16.1. The van der Waals surface area contributed by atoms with Gasteiger partial charge in [-0.3, -0.25) is 14.5 Å². The summed E-state index contributed by atoms with van der Waals surface area (Å²) in [4.78, 5) is 19.2. The Kier molecular flexibility index (Phi) is 7.12. The molecule has 2 aliphatic rings. The van der Waals surface area contributed by atoms with Crippen LogP contribution in [0.3, 0.4) is 0 Å². The lowest BCUT2D eigenvalue weighted by Crippen LogP contribution is -2.40. The van der Waals surface area contributed by atoms with Gasteiger partial charge in [0.2, 0.25) is 5.91 Å². The molecule has 1 aromatic rings. The number of hydrogen-bond donors (Lipinski definition) is 2. The van der Waals surface area contributed by atoms with E-state index in [0.717, 1.165) is 44.9 Å². The van der Waals surface area contributed by atoms with Gasteiger partial charge in [0.25, 0.3) is 0 Å². The van der Waals surface area contributed by atoms with E-state index in [1.54, 1.807) is 0 Å². The molecule has 7 nitrogen and oxygen atoms in total. The van der Waals surface area contributed by atoms with Crippen LogP contribution in [0.4, 0.5) is 0 Å². The Morgan fingerprint density at radius 3 is 2.81 bits per heavy atom. The highest BCUT2D eigenvalue weighted by Crippen LogP contribution is 2.26. The minimum Gasteiger partial charge on any atom is -0.357 e. The molecule has 0 spiro atoms. The lowest BCUT2D eigenvalue weighted by molar-refractivity contribution is -0.121. The van der Waals surface area contributed by atoms with E-state index in [0.29, 0.717) is 24.9 Å². The summed E-state index contributed by atoms with van der Waals surface area (Å²) in [5.74, 6) is 1.56. The van der Waals surface area contributed by atoms with Crippen LogP contribution in [0.15, 0.2) is 17.4 Å². The fourth-order valence-corrected chi connectivity index (χ4v) is 4.11. The Morgan fingerprint density at radius 1 is 1.30 bits per heavy atom. The largest absolute Gasteiger partial charge is 0.357 e. The summed E-state index contributed by atoms with van der Waals surface area (Å²) in [5, 5.41) is 10.8. The molecule has 1 aliphatic heterocycles. The number of hydrogen-bond acceptors (Lipinski definition) is 3. The molecule has 0 bridgehead atoms. The zero-order chi connectivity index (χ0) is 19.1. The molecule has 7 heteroatoms. The van der Waals surface area contributed by atoms with E-state index >= 15 is 0 Å². The van der Waals surface area contributed by atoms with Crippen LogP contribution in [-0.2, 0) is 11.8 Å². The van der Waals surface area contributed by atoms with Crippen molar-refractivity contribution in [1.29, 1.82) is 0 Å². The molecule has 1 aliphatic carbocycles. The van der Waals surface area contributed by atoms with Crippen molar-refractivity contribution >= 4 is 11.9 Å². The van der Waals surface area contributed by atoms with E-state index in [2.05, 4.69) is 33.8 Å². The number of aromatic nitrogens is 2. The molecule has 27 heavy (non-hydrogen) atoms. The van der Waals surface area contributed by atoms with E-state index in [1.165, 1.54) is 24.8 Å². The summed E-state index contributed by atoms with van der Waals surface area (Å²) in [6.45, 7) is 5.39. The minimum atomic E-state index is 0.135. The van der Waals surface area contributed by atoms with Crippen molar-refractivity contribution in [3.05, 3.63) is 18.0 Å². The number of nitrogens with zero attached hydrogens (tertiary/aromatic N) is 4. The van der Waals surface area contributed by atoms with Crippen molar-refractivity contribution in [2.24, 2.45) is 12.0 Å². The van der Waals surface area contributed by atoms with Gasteiger partial charge in [0.15, 0.2) is 5.96 Å². The molecule has 3 rings (SSSR count). The molecule has 1 aromatic heterocycles. The summed E-state index contributed by atoms with van der Waals surface area (Å²) in [6.07, 6.45) is 11.7. The second-order valence-corrected chi connectivity index (χ2v) is 7.77. The van der Waals surface area contributed by atoms with Gasteiger partial charge in [-0.05, 0) is 31.7 Å². The Bertz CT molecular complexity index is 634. The van der Waals surface area contributed by atoms with Gasteiger partial charge in [0.1, 0.15) is 0 Å². The smallest absolute Gasteiger partial charge is 0.222 e. The molecule has 150 valence electrons. The lowest BCUT2D eigenvalue weighted by atomic mass is 9.95. The lowest BCUT2D eigenvalue weighted by Gasteiger charge is -2.23. The zero-order valence-corrected chi connectivity index (χ0v) is 16.8. The summed E-state index contributed by atoms with van der Waals surface area (Å²) in [7, 11) is 1.96. The van der Waals surface area contributed by atoms with Gasteiger partial charge in [-0.2, -0.15) is 5.10 Å². The van der Waals surface area contributed by atoms with Gasteiger partial charge in [-0.1, -0.05) is 19.3 Å². The number of nitrogens with one attached hydrogen (secondary N) is 2.